The van der Waals surface area contributed by atoms with E-state index in [1.165, 1.54) is 16.3 Å². The molecule has 3 aromatic rings. The normalized spacial score (nSPS) is 11.1. The first-order chi connectivity index (χ1) is 9.85. The molecule has 20 heavy (non-hydrogen) atoms. The summed E-state index contributed by atoms with van der Waals surface area (Å²) in [6, 6.07) is 15.0. The summed E-state index contributed by atoms with van der Waals surface area (Å²) in [5.41, 5.74) is 6.80. The maximum absolute atomic E-state index is 5.52. The van der Waals surface area contributed by atoms with Crippen LogP contribution in [0.2, 0.25) is 0 Å². The second-order valence-electron chi connectivity index (χ2n) is 4.84. The summed E-state index contributed by atoms with van der Waals surface area (Å²) in [5, 5.41) is 13.2. The third-order valence-electron chi connectivity index (χ3n) is 3.27. The molecule has 1 heterocycles. The van der Waals surface area contributed by atoms with E-state index in [2.05, 4.69) is 52.7 Å². The van der Waals surface area contributed by atoms with Crippen molar-refractivity contribution in [1.82, 2.24) is 10.2 Å². The van der Waals surface area contributed by atoms with Gasteiger partial charge < -0.3 is 5.73 Å². The van der Waals surface area contributed by atoms with Crippen LogP contribution in [0.5, 0.6) is 0 Å². The average Bonchev–Trinajstić information content (AvgIpc) is 2.92. The monoisotopic (exact) mass is 283 g/mol. The van der Waals surface area contributed by atoms with E-state index >= 15 is 0 Å². The number of aromatic nitrogens is 2. The molecule has 0 bridgehead atoms. The van der Waals surface area contributed by atoms with Crippen molar-refractivity contribution in [2.75, 3.05) is 6.54 Å². The summed E-state index contributed by atoms with van der Waals surface area (Å²) in [7, 11) is 0. The Labute approximate surface area is 122 Å². The SMILES string of the molecule is NCCCc1nnc(Cc2ccc3ccccc3c2)s1. The highest BCUT2D eigenvalue weighted by Crippen LogP contribution is 2.20. The molecule has 0 amide bonds. The van der Waals surface area contributed by atoms with Gasteiger partial charge >= 0.3 is 0 Å². The molecular formula is C16H17N3S. The van der Waals surface area contributed by atoms with Crippen LogP contribution in [-0.2, 0) is 12.8 Å². The van der Waals surface area contributed by atoms with Crippen molar-refractivity contribution < 1.29 is 0 Å². The van der Waals surface area contributed by atoms with Crippen LogP contribution in [0.25, 0.3) is 10.8 Å². The van der Waals surface area contributed by atoms with E-state index in [9.17, 15) is 0 Å². The molecule has 0 unspecified atom stereocenters. The van der Waals surface area contributed by atoms with E-state index in [1.807, 2.05) is 0 Å². The van der Waals surface area contributed by atoms with E-state index in [-0.39, 0.29) is 0 Å². The first-order valence-electron chi connectivity index (χ1n) is 6.84. The second-order valence-corrected chi connectivity index (χ2v) is 5.99. The predicted octanol–water partition coefficient (Wildman–Crippen LogP) is 3.17. The lowest BCUT2D eigenvalue weighted by Crippen LogP contribution is -1.99. The van der Waals surface area contributed by atoms with Crippen molar-refractivity contribution in [2.45, 2.75) is 19.3 Å². The van der Waals surface area contributed by atoms with Gasteiger partial charge in [0.15, 0.2) is 0 Å². The average molecular weight is 283 g/mol. The van der Waals surface area contributed by atoms with Gasteiger partial charge in [-0.15, -0.1) is 21.5 Å². The molecule has 0 aliphatic rings. The fourth-order valence-corrected chi connectivity index (χ4v) is 3.16. The first-order valence-corrected chi connectivity index (χ1v) is 7.66. The molecule has 3 rings (SSSR count). The summed E-state index contributed by atoms with van der Waals surface area (Å²) in [4.78, 5) is 0. The van der Waals surface area contributed by atoms with Gasteiger partial charge in [-0.25, -0.2) is 0 Å². The minimum absolute atomic E-state index is 0.708. The Hall–Kier alpha value is -1.78. The van der Waals surface area contributed by atoms with Gasteiger partial charge in [0.1, 0.15) is 10.0 Å². The number of nitrogens with zero attached hydrogens (tertiary/aromatic N) is 2. The molecule has 2 aromatic carbocycles. The van der Waals surface area contributed by atoms with E-state index in [0.29, 0.717) is 6.54 Å². The lowest BCUT2D eigenvalue weighted by atomic mass is 10.1. The van der Waals surface area contributed by atoms with E-state index in [0.717, 1.165) is 29.3 Å². The van der Waals surface area contributed by atoms with Crippen molar-refractivity contribution >= 4 is 22.1 Å². The van der Waals surface area contributed by atoms with Crippen molar-refractivity contribution in [2.24, 2.45) is 5.73 Å². The Kier molecular flexibility index (Phi) is 4.04. The molecule has 102 valence electrons. The van der Waals surface area contributed by atoms with Gasteiger partial charge in [-0.3, -0.25) is 0 Å². The summed E-state index contributed by atoms with van der Waals surface area (Å²) < 4.78 is 0. The molecule has 0 saturated heterocycles. The Morgan fingerprint density at radius 2 is 1.75 bits per heavy atom. The number of rotatable bonds is 5. The molecule has 1 aromatic heterocycles. The van der Waals surface area contributed by atoms with Crippen LogP contribution in [0.1, 0.15) is 22.0 Å². The first kappa shape index (κ1) is 13.2. The Morgan fingerprint density at radius 1 is 0.950 bits per heavy atom. The number of aryl methyl sites for hydroxylation is 1. The van der Waals surface area contributed by atoms with Gasteiger partial charge in [0.05, 0.1) is 0 Å². The zero-order valence-electron chi connectivity index (χ0n) is 11.2. The van der Waals surface area contributed by atoms with E-state index < -0.39 is 0 Å². The maximum Gasteiger partial charge on any atom is 0.121 e. The van der Waals surface area contributed by atoms with Crippen LogP contribution in [0.3, 0.4) is 0 Å². The largest absolute Gasteiger partial charge is 0.330 e. The third-order valence-corrected chi connectivity index (χ3v) is 4.26. The molecule has 0 aliphatic carbocycles. The number of hydrogen-bond acceptors (Lipinski definition) is 4. The lowest BCUT2D eigenvalue weighted by Gasteiger charge is -2.01. The van der Waals surface area contributed by atoms with Gasteiger partial charge in [-0.2, -0.15) is 0 Å². The third kappa shape index (κ3) is 3.03. The molecule has 2 N–H and O–H groups in total. The number of hydrogen-bond donors (Lipinski definition) is 1. The van der Waals surface area contributed by atoms with Crippen LogP contribution in [-0.4, -0.2) is 16.7 Å². The van der Waals surface area contributed by atoms with Crippen LogP contribution < -0.4 is 5.73 Å². The van der Waals surface area contributed by atoms with Crippen molar-refractivity contribution in [3.63, 3.8) is 0 Å². The zero-order valence-corrected chi connectivity index (χ0v) is 12.1. The molecule has 0 fully saturated rings. The second kappa shape index (κ2) is 6.11. The number of nitrogens with two attached hydrogens (primary N) is 1. The van der Waals surface area contributed by atoms with Crippen LogP contribution >= 0.6 is 11.3 Å². The highest BCUT2D eigenvalue weighted by Gasteiger charge is 2.05. The summed E-state index contributed by atoms with van der Waals surface area (Å²) in [5.74, 6) is 0. The maximum atomic E-state index is 5.52. The highest BCUT2D eigenvalue weighted by molar-refractivity contribution is 7.11. The molecule has 0 atom stereocenters. The molecule has 4 heteroatoms. The molecule has 0 saturated carbocycles. The molecule has 0 aliphatic heterocycles. The summed E-state index contributed by atoms with van der Waals surface area (Å²) in [6.45, 7) is 0.708. The smallest absolute Gasteiger partial charge is 0.121 e. The highest BCUT2D eigenvalue weighted by atomic mass is 32.1. The fourth-order valence-electron chi connectivity index (χ4n) is 2.24. The predicted molar refractivity (Wildman–Crippen MR) is 84.0 cm³/mol. The minimum atomic E-state index is 0.708. The Morgan fingerprint density at radius 3 is 2.60 bits per heavy atom. The van der Waals surface area contributed by atoms with Crippen molar-refractivity contribution in [3.05, 3.63) is 58.0 Å². The minimum Gasteiger partial charge on any atom is -0.330 e. The Balaban J connectivity index is 1.76. The van der Waals surface area contributed by atoms with Crippen LogP contribution in [0.4, 0.5) is 0 Å². The number of benzene rings is 2. The number of fused-ring (bicyclic) bond motifs is 1. The standard InChI is InChI=1S/C16H17N3S/c17-9-3-6-15-18-19-16(20-15)11-12-7-8-13-4-1-2-5-14(13)10-12/h1-2,4-5,7-8,10H,3,6,9,11,17H2. The van der Waals surface area contributed by atoms with Gasteiger partial charge in [0.2, 0.25) is 0 Å². The van der Waals surface area contributed by atoms with Crippen LogP contribution in [0.15, 0.2) is 42.5 Å². The zero-order chi connectivity index (χ0) is 13.8. The van der Waals surface area contributed by atoms with Gasteiger partial charge in [-0.1, -0.05) is 42.5 Å². The topological polar surface area (TPSA) is 51.8 Å². The lowest BCUT2D eigenvalue weighted by molar-refractivity contribution is 0.809. The molecule has 0 spiro atoms. The van der Waals surface area contributed by atoms with E-state index in [4.69, 9.17) is 5.73 Å². The molecular weight excluding hydrogens is 266 g/mol. The quantitative estimate of drug-likeness (QED) is 0.782. The van der Waals surface area contributed by atoms with Gasteiger partial charge in [0.25, 0.3) is 0 Å². The summed E-state index contributed by atoms with van der Waals surface area (Å²) in [6.07, 6.45) is 2.77. The van der Waals surface area contributed by atoms with Crippen molar-refractivity contribution in [1.29, 1.82) is 0 Å². The molecule has 0 radical (unpaired) electrons. The van der Waals surface area contributed by atoms with Gasteiger partial charge in [0, 0.05) is 12.8 Å². The Bertz CT molecular complexity index is 706. The van der Waals surface area contributed by atoms with Crippen molar-refractivity contribution in [3.8, 4) is 0 Å². The van der Waals surface area contributed by atoms with E-state index in [1.54, 1.807) is 11.3 Å². The fraction of sp³-hybridized carbons (Fsp3) is 0.250. The summed E-state index contributed by atoms with van der Waals surface area (Å²) >= 11 is 1.70. The van der Waals surface area contributed by atoms with Crippen LogP contribution in [0, 0.1) is 0 Å². The molecule has 3 nitrogen and oxygen atoms in total. The van der Waals surface area contributed by atoms with Gasteiger partial charge in [-0.05, 0) is 29.3 Å².